The van der Waals surface area contributed by atoms with Gasteiger partial charge in [-0.15, -0.1) is 0 Å². The van der Waals surface area contributed by atoms with Crippen LogP contribution in [0.5, 0.6) is 0 Å². The molecule has 7 heteroatoms. The first kappa shape index (κ1) is 24.4. The molecule has 2 aromatic heterocycles. The Balaban J connectivity index is 1.41. The number of fused-ring (bicyclic) bond motifs is 2. The van der Waals surface area contributed by atoms with Gasteiger partial charge in [0, 0.05) is 59.2 Å². The number of aromatic nitrogens is 2. The molecule has 0 fully saturated rings. The molecular formula is C29H31ClN4O2. The molecule has 4 N–H and O–H groups in total. The van der Waals surface area contributed by atoms with Crippen molar-refractivity contribution in [1.82, 2.24) is 20.3 Å². The molecule has 36 heavy (non-hydrogen) atoms. The summed E-state index contributed by atoms with van der Waals surface area (Å²) in [7, 11) is 0. The van der Waals surface area contributed by atoms with Crippen molar-refractivity contribution < 1.29 is 10.0 Å². The molecule has 5 rings (SSSR count). The Hall–Kier alpha value is -3.32. The molecular weight excluding hydrogens is 472 g/mol. The van der Waals surface area contributed by atoms with Gasteiger partial charge in [-0.3, -0.25) is 14.9 Å². The van der Waals surface area contributed by atoms with E-state index in [-0.39, 0.29) is 0 Å². The molecule has 0 spiro atoms. The van der Waals surface area contributed by atoms with E-state index in [0.717, 1.165) is 48.5 Å². The smallest absolute Gasteiger partial charge is 0.267 e. The molecule has 1 unspecified atom stereocenters. The van der Waals surface area contributed by atoms with Crippen molar-refractivity contribution in [2.75, 3.05) is 6.54 Å². The molecule has 1 aliphatic rings. The summed E-state index contributed by atoms with van der Waals surface area (Å²) in [5, 5.41) is 10.7. The molecule has 2 aromatic carbocycles. The van der Waals surface area contributed by atoms with Gasteiger partial charge in [-0.25, -0.2) is 5.48 Å². The lowest BCUT2D eigenvalue weighted by Crippen LogP contribution is -2.29. The summed E-state index contributed by atoms with van der Waals surface area (Å²) in [4.78, 5) is 20.8. The van der Waals surface area contributed by atoms with Crippen molar-refractivity contribution >= 4 is 34.5 Å². The number of carbonyl (C=O) groups is 1. The third-order valence-corrected chi connectivity index (χ3v) is 7.69. The van der Waals surface area contributed by atoms with Gasteiger partial charge in [-0.05, 0) is 84.7 Å². The molecule has 0 radical (unpaired) electrons. The number of benzene rings is 2. The topological polar surface area (TPSA) is 84.2 Å². The molecule has 0 aliphatic heterocycles. The first-order valence-electron chi connectivity index (χ1n) is 12.3. The van der Waals surface area contributed by atoms with Crippen LogP contribution in [0.15, 0.2) is 54.9 Å². The van der Waals surface area contributed by atoms with Crippen molar-refractivity contribution in [1.29, 1.82) is 0 Å². The number of nitrogens with zero attached hydrogens (tertiary/aromatic N) is 1. The zero-order valence-electron chi connectivity index (χ0n) is 20.6. The third-order valence-electron chi connectivity index (χ3n) is 7.46. The van der Waals surface area contributed by atoms with E-state index in [2.05, 4.69) is 59.3 Å². The van der Waals surface area contributed by atoms with Crippen molar-refractivity contribution in [3.8, 4) is 0 Å². The number of aromatic amines is 2. The second-order valence-corrected chi connectivity index (χ2v) is 10.1. The Morgan fingerprint density at radius 3 is 2.83 bits per heavy atom. The van der Waals surface area contributed by atoms with Gasteiger partial charge >= 0.3 is 0 Å². The number of rotatable bonds is 8. The highest BCUT2D eigenvalue weighted by Crippen LogP contribution is 2.38. The van der Waals surface area contributed by atoms with Crippen LogP contribution in [0.4, 0.5) is 0 Å². The Morgan fingerprint density at radius 1 is 1.19 bits per heavy atom. The number of halogens is 1. The van der Waals surface area contributed by atoms with Gasteiger partial charge in [0.2, 0.25) is 0 Å². The summed E-state index contributed by atoms with van der Waals surface area (Å²) < 4.78 is 0. The van der Waals surface area contributed by atoms with E-state index >= 15 is 0 Å². The highest BCUT2D eigenvalue weighted by molar-refractivity contribution is 6.31. The molecule has 0 bridgehead atoms. The van der Waals surface area contributed by atoms with E-state index in [1.807, 2.05) is 18.2 Å². The Kier molecular flexibility index (Phi) is 7.01. The fourth-order valence-corrected chi connectivity index (χ4v) is 5.47. The predicted molar refractivity (Wildman–Crippen MR) is 144 cm³/mol. The molecule has 0 saturated carbocycles. The quantitative estimate of drug-likeness (QED) is 0.135. The first-order chi connectivity index (χ1) is 17.4. The number of H-pyrrole nitrogens is 2. The molecule has 1 amide bonds. The fraction of sp³-hybridized carbons (Fsp3) is 0.276. The van der Waals surface area contributed by atoms with E-state index in [4.69, 9.17) is 16.8 Å². The predicted octanol–water partition coefficient (Wildman–Crippen LogP) is 6.02. The van der Waals surface area contributed by atoms with Gasteiger partial charge in [0.25, 0.3) is 5.91 Å². The summed E-state index contributed by atoms with van der Waals surface area (Å²) in [5.41, 5.74) is 11.5. The van der Waals surface area contributed by atoms with Crippen LogP contribution in [0.3, 0.4) is 0 Å². The highest BCUT2D eigenvalue weighted by atomic mass is 35.5. The van der Waals surface area contributed by atoms with Crippen molar-refractivity contribution in [2.24, 2.45) is 0 Å². The molecule has 1 aliphatic carbocycles. The molecule has 4 aromatic rings. The maximum atomic E-state index is 11.4. The number of amides is 1. The Labute approximate surface area is 215 Å². The minimum atomic E-state index is -0.532. The van der Waals surface area contributed by atoms with E-state index in [0.29, 0.717) is 6.04 Å². The van der Waals surface area contributed by atoms with Crippen LogP contribution >= 0.6 is 11.6 Å². The summed E-state index contributed by atoms with van der Waals surface area (Å²) >= 11 is 6.18. The van der Waals surface area contributed by atoms with Crippen LogP contribution in [0.25, 0.3) is 17.0 Å². The van der Waals surface area contributed by atoms with Crippen molar-refractivity contribution in [3.63, 3.8) is 0 Å². The van der Waals surface area contributed by atoms with E-state index in [1.54, 1.807) is 11.6 Å². The highest BCUT2D eigenvalue weighted by Gasteiger charge is 2.29. The Morgan fingerprint density at radius 2 is 2.06 bits per heavy atom. The van der Waals surface area contributed by atoms with Gasteiger partial charge in [0.15, 0.2) is 0 Å². The fourth-order valence-electron chi connectivity index (χ4n) is 5.30. The van der Waals surface area contributed by atoms with E-state index in [1.165, 1.54) is 45.0 Å². The van der Waals surface area contributed by atoms with Crippen LogP contribution in [0, 0.1) is 13.8 Å². The monoisotopic (exact) mass is 502 g/mol. The number of carbonyl (C=O) groups excluding carboxylic acids is 1. The van der Waals surface area contributed by atoms with Gasteiger partial charge < -0.3 is 9.97 Å². The SMILES string of the molecule is Cc1c[nH]c(CN(CCc2c[nH]c3cc(Cl)ccc23)C2CCc3cc(/C=C/C(=O)NO)ccc32)c1C. The van der Waals surface area contributed by atoms with Crippen LogP contribution in [0.2, 0.25) is 5.02 Å². The second-order valence-electron chi connectivity index (χ2n) is 9.62. The second kappa shape index (κ2) is 10.3. The van der Waals surface area contributed by atoms with Gasteiger partial charge in [0.1, 0.15) is 0 Å². The zero-order chi connectivity index (χ0) is 25.2. The average Bonchev–Trinajstić information content (AvgIpc) is 3.57. The number of hydrogen-bond donors (Lipinski definition) is 4. The normalized spacial score (nSPS) is 15.3. The van der Waals surface area contributed by atoms with E-state index in [9.17, 15) is 4.79 Å². The first-order valence-corrected chi connectivity index (χ1v) is 12.7. The zero-order valence-corrected chi connectivity index (χ0v) is 21.3. The van der Waals surface area contributed by atoms with Gasteiger partial charge in [-0.2, -0.15) is 0 Å². The largest absolute Gasteiger partial charge is 0.363 e. The molecule has 1 atom stereocenters. The average molecular weight is 503 g/mol. The summed E-state index contributed by atoms with van der Waals surface area (Å²) in [5.74, 6) is -0.532. The maximum Gasteiger partial charge on any atom is 0.267 e. The molecule has 186 valence electrons. The minimum Gasteiger partial charge on any atom is -0.363 e. The van der Waals surface area contributed by atoms with Crippen LogP contribution in [0.1, 0.15) is 51.5 Å². The number of hydrogen-bond acceptors (Lipinski definition) is 3. The van der Waals surface area contributed by atoms with Crippen LogP contribution in [-0.4, -0.2) is 32.5 Å². The van der Waals surface area contributed by atoms with Crippen LogP contribution < -0.4 is 5.48 Å². The molecule has 2 heterocycles. The lowest BCUT2D eigenvalue weighted by atomic mass is 10.0. The number of aryl methyl sites for hydroxylation is 2. The molecule has 6 nitrogen and oxygen atoms in total. The van der Waals surface area contributed by atoms with Gasteiger partial charge in [-0.1, -0.05) is 35.9 Å². The lowest BCUT2D eigenvalue weighted by Gasteiger charge is -2.30. The van der Waals surface area contributed by atoms with Crippen LogP contribution in [-0.2, 0) is 24.2 Å². The minimum absolute atomic E-state index is 0.321. The Bertz CT molecular complexity index is 1430. The lowest BCUT2D eigenvalue weighted by molar-refractivity contribution is -0.124. The van der Waals surface area contributed by atoms with Crippen molar-refractivity contribution in [3.05, 3.63) is 99.0 Å². The van der Waals surface area contributed by atoms with Gasteiger partial charge in [0.05, 0.1) is 0 Å². The third kappa shape index (κ3) is 4.98. The number of hydroxylamine groups is 1. The summed E-state index contributed by atoms with van der Waals surface area (Å²) in [6.45, 7) is 6.12. The van der Waals surface area contributed by atoms with Crippen molar-refractivity contribution in [2.45, 2.75) is 45.7 Å². The maximum absolute atomic E-state index is 11.4. The summed E-state index contributed by atoms with van der Waals surface area (Å²) in [6.07, 6.45) is 10.3. The van der Waals surface area contributed by atoms with E-state index < -0.39 is 5.91 Å². The molecule has 0 saturated heterocycles. The standard InChI is InChI=1S/C29H31ClN4O2/c1-18-15-31-27(19(18)2)17-34(12-11-22-16-32-26-14-23(30)6-8-24(22)26)28-9-5-21-13-20(3-7-25(21)28)4-10-29(35)33-36/h3-4,6-8,10,13-16,28,31-32,36H,5,9,11-12,17H2,1-2H3,(H,33,35)/b10-4+. The number of nitrogens with one attached hydrogen (secondary N) is 3. The summed E-state index contributed by atoms with van der Waals surface area (Å²) in [6, 6.07) is 12.7.